The van der Waals surface area contributed by atoms with Crippen molar-refractivity contribution in [1.82, 2.24) is 10.2 Å². The van der Waals surface area contributed by atoms with Crippen LogP contribution in [0.25, 0.3) is 0 Å². The predicted octanol–water partition coefficient (Wildman–Crippen LogP) is 3.12. The van der Waals surface area contributed by atoms with Crippen molar-refractivity contribution < 1.29 is 0 Å². The van der Waals surface area contributed by atoms with Crippen molar-refractivity contribution in [3.63, 3.8) is 0 Å². The van der Waals surface area contributed by atoms with Gasteiger partial charge in [0.2, 0.25) is 0 Å². The van der Waals surface area contributed by atoms with Crippen LogP contribution in [-0.2, 0) is 0 Å². The molecule has 0 aliphatic rings. The molecule has 0 fully saturated rings. The van der Waals surface area contributed by atoms with Gasteiger partial charge in [-0.3, -0.25) is 0 Å². The highest BCUT2D eigenvalue weighted by atomic mass is 35.5. The fraction of sp³-hybridized carbons (Fsp3) is 0.154. The lowest BCUT2D eigenvalue weighted by atomic mass is 10.1. The number of nitrogens with two attached hydrogens (primary N) is 1. The third kappa shape index (κ3) is 2.83. The second-order valence-electron chi connectivity index (χ2n) is 4.10. The average Bonchev–Trinajstić information content (AvgIpc) is 2.36. The van der Waals surface area contributed by atoms with E-state index in [2.05, 4.69) is 15.5 Å². The van der Waals surface area contributed by atoms with Crippen molar-refractivity contribution in [1.29, 1.82) is 0 Å². The van der Waals surface area contributed by atoms with Crippen LogP contribution in [0.1, 0.15) is 16.8 Å². The van der Waals surface area contributed by atoms with Crippen LogP contribution in [0, 0.1) is 13.8 Å². The van der Waals surface area contributed by atoms with Crippen LogP contribution in [0.4, 0.5) is 11.5 Å². The van der Waals surface area contributed by atoms with Crippen LogP contribution in [0.3, 0.4) is 0 Å². The van der Waals surface area contributed by atoms with Crippen LogP contribution in [0.2, 0.25) is 5.02 Å². The van der Waals surface area contributed by atoms with Gasteiger partial charge in [0.1, 0.15) is 4.99 Å². The number of hydrogen-bond donors (Lipinski definition) is 2. The van der Waals surface area contributed by atoms with E-state index in [0.29, 0.717) is 16.4 Å². The van der Waals surface area contributed by atoms with Crippen molar-refractivity contribution in [2.75, 3.05) is 5.32 Å². The topological polar surface area (TPSA) is 63.8 Å². The molecule has 4 nitrogen and oxygen atoms in total. The van der Waals surface area contributed by atoms with E-state index in [-0.39, 0.29) is 4.99 Å². The number of rotatable bonds is 3. The Labute approximate surface area is 122 Å². The van der Waals surface area contributed by atoms with Gasteiger partial charge in [-0.25, -0.2) is 0 Å². The highest BCUT2D eigenvalue weighted by molar-refractivity contribution is 7.80. The minimum absolute atomic E-state index is 0.282. The maximum atomic E-state index is 6.10. The minimum Gasteiger partial charge on any atom is -0.389 e. The first-order valence-electron chi connectivity index (χ1n) is 5.66. The Kier molecular flexibility index (Phi) is 3.97. The number of hydrogen-bond acceptors (Lipinski definition) is 4. The molecule has 0 bridgehead atoms. The molecule has 0 unspecified atom stereocenters. The molecule has 1 aromatic carbocycles. The lowest BCUT2D eigenvalue weighted by Crippen LogP contribution is -2.17. The fourth-order valence-corrected chi connectivity index (χ4v) is 2.12. The Hall–Kier alpha value is -1.72. The van der Waals surface area contributed by atoms with Crippen molar-refractivity contribution in [2.24, 2.45) is 5.73 Å². The molecule has 1 heterocycles. The van der Waals surface area contributed by atoms with Gasteiger partial charge < -0.3 is 11.1 Å². The largest absolute Gasteiger partial charge is 0.389 e. The van der Waals surface area contributed by atoms with E-state index in [9.17, 15) is 0 Å². The van der Waals surface area contributed by atoms with E-state index >= 15 is 0 Å². The molecule has 98 valence electrons. The SMILES string of the molecule is Cc1nnc(Nc2ccccc2Cl)c(C(N)=S)c1C. The third-order valence-corrected chi connectivity index (χ3v) is 3.36. The first-order chi connectivity index (χ1) is 9.00. The molecule has 3 N–H and O–H groups in total. The summed E-state index contributed by atoms with van der Waals surface area (Å²) in [4.78, 5) is 0.282. The van der Waals surface area contributed by atoms with Gasteiger partial charge in [0, 0.05) is 0 Å². The van der Waals surface area contributed by atoms with Crippen molar-refractivity contribution >= 4 is 40.3 Å². The van der Waals surface area contributed by atoms with Gasteiger partial charge in [-0.05, 0) is 31.5 Å². The molecule has 0 saturated carbocycles. The van der Waals surface area contributed by atoms with E-state index in [1.807, 2.05) is 32.0 Å². The van der Waals surface area contributed by atoms with Gasteiger partial charge in [0.05, 0.1) is 22.0 Å². The summed E-state index contributed by atoms with van der Waals surface area (Å²) in [6.07, 6.45) is 0. The van der Waals surface area contributed by atoms with Gasteiger partial charge in [0.25, 0.3) is 0 Å². The number of anilines is 2. The van der Waals surface area contributed by atoms with Gasteiger partial charge in [0.15, 0.2) is 5.82 Å². The number of nitrogens with one attached hydrogen (secondary N) is 1. The summed E-state index contributed by atoms with van der Waals surface area (Å²) < 4.78 is 0. The number of aryl methyl sites for hydroxylation is 1. The Morgan fingerprint density at radius 3 is 2.58 bits per heavy atom. The normalized spacial score (nSPS) is 10.3. The van der Waals surface area contributed by atoms with Crippen LogP contribution in [0.5, 0.6) is 0 Å². The molecule has 0 aliphatic heterocycles. The summed E-state index contributed by atoms with van der Waals surface area (Å²) in [5, 5.41) is 11.9. The number of benzene rings is 1. The van der Waals surface area contributed by atoms with Gasteiger partial charge in [-0.2, -0.15) is 5.10 Å². The van der Waals surface area contributed by atoms with E-state index in [1.54, 1.807) is 6.07 Å². The molecule has 2 rings (SSSR count). The van der Waals surface area contributed by atoms with E-state index in [0.717, 1.165) is 16.9 Å². The Balaban J connectivity index is 2.49. The van der Waals surface area contributed by atoms with E-state index in [1.165, 1.54) is 0 Å². The second kappa shape index (κ2) is 5.50. The number of thiocarbonyl (C=S) groups is 1. The fourth-order valence-electron chi connectivity index (χ4n) is 1.69. The summed E-state index contributed by atoms with van der Waals surface area (Å²) in [6, 6.07) is 7.37. The maximum absolute atomic E-state index is 6.10. The molecule has 0 spiro atoms. The monoisotopic (exact) mass is 292 g/mol. The molecule has 0 atom stereocenters. The zero-order valence-electron chi connectivity index (χ0n) is 10.6. The van der Waals surface area contributed by atoms with E-state index < -0.39 is 0 Å². The summed E-state index contributed by atoms with van der Waals surface area (Å²) >= 11 is 11.2. The van der Waals surface area contributed by atoms with Gasteiger partial charge in [-0.15, -0.1) is 5.10 Å². The van der Waals surface area contributed by atoms with Crippen molar-refractivity contribution in [3.05, 3.63) is 46.1 Å². The van der Waals surface area contributed by atoms with Crippen molar-refractivity contribution in [3.8, 4) is 0 Å². The molecule has 0 amide bonds. The molecule has 0 saturated heterocycles. The standard InChI is InChI=1S/C13H13ClN4S/c1-7-8(2)17-18-13(11(7)12(15)19)16-10-6-4-3-5-9(10)14/h3-6H,1-2H3,(H2,15,19)(H,16,18). The first-order valence-corrected chi connectivity index (χ1v) is 6.44. The zero-order chi connectivity index (χ0) is 14.0. The Morgan fingerprint density at radius 1 is 1.26 bits per heavy atom. The van der Waals surface area contributed by atoms with E-state index in [4.69, 9.17) is 29.6 Å². The molecular formula is C13H13ClN4S. The van der Waals surface area contributed by atoms with Crippen LogP contribution in [-0.4, -0.2) is 15.2 Å². The molecule has 0 aliphatic carbocycles. The number of halogens is 1. The first kappa shape index (κ1) is 13.7. The van der Waals surface area contributed by atoms with Crippen molar-refractivity contribution in [2.45, 2.75) is 13.8 Å². The molecule has 6 heteroatoms. The molecule has 19 heavy (non-hydrogen) atoms. The third-order valence-electron chi connectivity index (χ3n) is 2.83. The number of nitrogens with zero attached hydrogens (tertiary/aromatic N) is 2. The second-order valence-corrected chi connectivity index (χ2v) is 4.95. The number of aromatic nitrogens is 2. The predicted molar refractivity (Wildman–Crippen MR) is 82.1 cm³/mol. The summed E-state index contributed by atoms with van der Waals surface area (Å²) in [6.45, 7) is 3.78. The summed E-state index contributed by atoms with van der Waals surface area (Å²) in [7, 11) is 0. The smallest absolute Gasteiger partial charge is 0.163 e. The van der Waals surface area contributed by atoms with Crippen LogP contribution in [0.15, 0.2) is 24.3 Å². The van der Waals surface area contributed by atoms with Gasteiger partial charge in [-0.1, -0.05) is 36.0 Å². The summed E-state index contributed by atoms with van der Waals surface area (Å²) in [5.41, 5.74) is 8.91. The zero-order valence-corrected chi connectivity index (χ0v) is 12.1. The Morgan fingerprint density at radius 2 is 1.95 bits per heavy atom. The molecular weight excluding hydrogens is 280 g/mol. The quantitative estimate of drug-likeness (QED) is 0.851. The highest BCUT2D eigenvalue weighted by Crippen LogP contribution is 2.27. The summed E-state index contributed by atoms with van der Waals surface area (Å²) in [5.74, 6) is 0.517. The lowest BCUT2D eigenvalue weighted by Gasteiger charge is -2.13. The maximum Gasteiger partial charge on any atom is 0.163 e. The highest BCUT2D eigenvalue weighted by Gasteiger charge is 2.14. The van der Waals surface area contributed by atoms with Gasteiger partial charge >= 0.3 is 0 Å². The minimum atomic E-state index is 0.282. The molecule has 1 aromatic heterocycles. The van der Waals surface area contributed by atoms with Crippen LogP contribution < -0.4 is 11.1 Å². The lowest BCUT2D eigenvalue weighted by molar-refractivity contribution is 0.963. The Bertz CT molecular complexity index is 643. The number of para-hydroxylation sites is 1. The average molecular weight is 293 g/mol. The van der Waals surface area contributed by atoms with Crippen LogP contribution >= 0.6 is 23.8 Å². The molecule has 2 aromatic rings. The molecule has 0 radical (unpaired) electrons.